The molecule has 4 aromatic rings. The molecule has 4 nitrogen and oxygen atoms in total. The van der Waals surface area contributed by atoms with Gasteiger partial charge < -0.3 is 9.80 Å². The molecule has 1 aliphatic rings. The summed E-state index contributed by atoms with van der Waals surface area (Å²) in [4.78, 5) is 23.0. The minimum absolute atomic E-state index is 0.0325. The minimum atomic E-state index is 0.0325. The molecule has 1 saturated heterocycles. The number of carbonyl (C=O) groups is 1. The van der Waals surface area contributed by atoms with Crippen LogP contribution in [0.5, 0.6) is 0 Å². The number of pyridine rings is 1. The van der Waals surface area contributed by atoms with Crippen LogP contribution < -0.4 is 4.90 Å². The van der Waals surface area contributed by atoms with E-state index in [4.69, 9.17) is 28.2 Å². The molecule has 6 heteroatoms. The number of hydrogen-bond acceptors (Lipinski definition) is 3. The van der Waals surface area contributed by atoms with Gasteiger partial charge >= 0.3 is 0 Å². The van der Waals surface area contributed by atoms with E-state index in [0.29, 0.717) is 34.4 Å². The number of aromatic nitrogens is 1. The first kappa shape index (κ1) is 21.7. The van der Waals surface area contributed by atoms with Crippen molar-refractivity contribution in [3.05, 3.63) is 94.0 Å². The van der Waals surface area contributed by atoms with Crippen LogP contribution in [0.3, 0.4) is 0 Å². The molecule has 0 spiro atoms. The van der Waals surface area contributed by atoms with E-state index >= 15 is 0 Å². The molecule has 1 aromatic heterocycles. The molecule has 1 amide bonds. The monoisotopic (exact) mass is 475 g/mol. The maximum atomic E-state index is 13.8. The zero-order valence-corrected chi connectivity index (χ0v) is 19.8. The fourth-order valence-corrected chi connectivity index (χ4v) is 4.99. The lowest BCUT2D eigenvalue weighted by atomic mass is 9.96. The predicted molar refractivity (Wildman–Crippen MR) is 136 cm³/mol. The van der Waals surface area contributed by atoms with Crippen molar-refractivity contribution in [1.29, 1.82) is 0 Å². The number of fused-ring (bicyclic) bond motifs is 1. The van der Waals surface area contributed by atoms with Crippen LogP contribution in [0.15, 0.2) is 72.8 Å². The Kier molecular flexibility index (Phi) is 5.96. The van der Waals surface area contributed by atoms with Gasteiger partial charge in [-0.2, -0.15) is 0 Å². The van der Waals surface area contributed by atoms with Crippen molar-refractivity contribution in [3.8, 4) is 11.3 Å². The van der Waals surface area contributed by atoms with Gasteiger partial charge in [0.25, 0.3) is 5.91 Å². The lowest BCUT2D eigenvalue weighted by Crippen LogP contribution is -2.49. The molecule has 166 valence electrons. The summed E-state index contributed by atoms with van der Waals surface area (Å²) in [6.45, 7) is 4.89. The first-order valence-corrected chi connectivity index (χ1v) is 11.7. The average molecular weight is 476 g/mol. The Morgan fingerprint density at radius 2 is 1.58 bits per heavy atom. The smallest absolute Gasteiger partial charge is 0.255 e. The number of benzene rings is 3. The third-order valence-corrected chi connectivity index (χ3v) is 6.77. The number of para-hydroxylation sites is 2. The summed E-state index contributed by atoms with van der Waals surface area (Å²) >= 11 is 12.6. The second kappa shape index (κ2) is 9.05. The largest absolute Gasteiger partial charge is 0.368 e. The van der Waals surface area contributed by atoms with Crippen LogP contribution in [-0.2, 0) is 0 Å². The Morgan fingerprint density at radius 1 is 0.879 bits per heavy atom. The normalized spacial score (nSPS) is 14.0. The van der Waals surface area contributed by atoms with Crippen LogP contribution in [0.4, 0.5) is 5.69 Å². The molecule has 2 heterocycles. The van der Waals surface area contributed by atoms with Gasteiger partial charge in [0, 0.05) is 47.8 Å². The van der Waals surface area contributed by atoms with Crippen LogP contribution in [0.1, 0.15) is 15.9 Å². The van der Waals surface area contributed by atoms with Crippen LogP contribution in [0.2, 0.25) is 10.0 Å². The molecule has 0 N–H and O–H groups in total. The van der Waals surface area contributed by atoms with Gasteiger partial charge in [-0.1, -0.05) is 59.6 Å². The molecule has 0 aliphatic carbocycles. The fraction of sp³-hybridized carbons (Fsp3) is 0.185. The molecule has 3 aromatic carbocycles. The number of hydrogen-bond donors (Lipinski definition) is 0. The van der Waals surface area contributed by atoms with E-state index in [-0.39, 0.29) is 5.91 Å². The van der Waals surface area contributed by atoms with Gasteiger partial charge in [0.15, 0.2) is 0 Å². The standard InChI is InChI=1S/C27H23Cl2N3O/c1-18-25(27(33)32-15-13-31(14-16-32)20-7-3-2-4-8-20)22-9-5-6-10-24(22)30-26(18)21-12-11-19(28)17-23(21)29/h2-12,17H,13-16H2,1H3. The number of anilines is 1. The Bertz CT molecular complexity index is 1330. The SMILES string of the molecule is Cc1c(-c2ccc(Cl)cc2Cl)nc2ccccc2c1C(=O)N1CCN(c2ccccc2)CC1. The minimum Gasteiger partial charge on any atom is -0.368 e. The highest BCUT2D eigenvalue weighted by Gasteiger charge is 2.27. The maximum Gasteiger partial charge on any atom is 0.255 e. The zero-order valence-electron chi connectivity index (χ0n) is 18.3. The van der Waals surface area contributed by atoms with Crippen molar-refractivity contribution < 1.29 is 4.79 Å². The highest BCUT2D eigenvalue weighted by molar-refractivity contribution is 6.36. The van der Waals surface area contributed by atoms with Crippen molar-refractivity contribution in [2.45, 2.75) is 6.92 Å². The third-order valence-electron chi connectivity index (χ3n) is 6.22. The molecule has 5 rings (SSSR count). The second-order valence-electron chi connectivity index (χ2n) is 8.22. The number of nitrogens with zero attached hydrogens (tertiary/aromatic N) is 3. The van der Waals surface area contributed by atoms with E-state index in [2.05, 4.69) is 17.0 Å². The Hall–Kier alpha value is -3.08. The van der Waals surface area contributed by atoms with Gasteiger partial charge in [-0.15, -0.1) is 0 Å². The number of halogens is 2. The summed E-state index contributed by atoms with van der Waals surface area (Å²) in [5, 5.41) is 1.94. The van der Waals surface area contributed by atoms with E-state index in [9.17, 15) is 4.79 Å². The van der Waals surface area contributed by atoms with Crippen molar-refractivity contribution in [2.75, 3.05) is 31.1 Å². The van der Waals surface area contributed by atoms with Gasteiger partial charge in [0.05, 0.1) is 21.8 Å². The van der Waals surface area contributed by atoms with Crippen LogP contribution in [-0.4, -0.2) is 42.0 Å². The van der Waals surface area contributed by atoms with Crippen molar-refractivity contribution in [1.82, 2.24) is 9.88 Å². The lowest BCUT2D eigenvalue weighted by molar-refractivity contribution is 0.0748. The van der Waals surface area contributed by atoms with E-state index < -0.39 is 0 Å². The van der Waals surface area contributed by atoms with E-state index in [0.717, 1.165) is 35.1 Å². The number of carbonyl (C=O) groups excluding carboxylic acids is 1. The van der Waals surface area contributed by atoms with Crippen LogP contribution in [0.25, 0.3) is 22.2 Å². The molecule has 0 radical (unpaired) electrons. The van der Waals surface area contributed by atoms with Crippen molar-refractivity contribution in [3.63, 3.8) is 0 Å². The first-order valence-electron chi connectivity index (χ1n) is 11.0. The predicted octanol–water partition coefficient (Wildman–Crippen LogP) is 6.48. The molecule has 0 saturated carbocycles. The second-order valence-corrected chi connectivity index (χ2v) is 9.06. The number of piperazine rings is 1. The number of amides is 1. The lowest BCUT2D eigenvalue weighted by Gasteiger charge is -2.36. The molecule has 1 aliphatic heterocycles. The van der Waals surface area contributed by atoms with Gasteiger partial charge in [-0.25, -0.2) is 4.98 Å². The fourth-order valence-electron chi connectivity index (χ4n) is 4.49. The van der Waals surface area contributed by atoms with Crippen LogP contribution in [0, 0.1) is 6.92 Å². The molecular formula is C27H23Cl2N3O. The first-order chi connectivity index (χ1) is 16.0. The molecule has 0 atom stereocenters. The van der Waals surface area contributed by atoms with Crippen LogP contribution >= 0.6 is 23.2 Å². The topological polar surface area (TPSA) is 36.4 Å². The van der Waals surface area contributed by atoms with E-state index in [1.807, 2.05) is 60.4 Å². The quantitative estimate of drug-likeness (QED) is 0.340. The summed E-state index contributed by atoms with van der Waals surface area (Å²) in [5.74, 6) is 0.0325. The van der Waals surface area contributed by atoms with E-state index in [1.54, 1.807) is 12.1 Å². The highest BCUT2D eigenvalue weighted by Crippen LogP contribution is 2.35. The Labute approximate surface area is 203 Å². The Morgan fingerprint density at radius 3 is 2.30 bits per heavy atom. The summed E-state index contributed by atoms with van der Waals surface area (Å²) in [6.07, 6.45) is 0. The van der Waals surface area contributed by atoms with E-state index in [1.165, 1.54) is 5.69 Å². The summed E-state index contributed by atoms with van der Waals surface area (Å²) in [5.41, 5.74) is 4.96. The van der Waals surface area contributed by atoms with Gasteiger partial charge in [-0.05, 0) is 48.9 Å². The molecule has 0 bridgehead atoms. The van der Waals surface area contributed by atoms with Crippen molar-refractivity contribution >= 4 is 45.7 Å². The molecule has 0 unspecified atom stereocenters. The van der Waals surface area contributed by atoms with Crippen molar-refractivity contribution in [2.24, 2.45) is 0 Å². The van der Waals surface area contributed by atoms with Gasteiger partial charge in [0.2, 0.25) is 0 Å². The number of rotatable bonds is 3. The molecular weight excluding hydrogens is 453 g/mol. The summed E-state index contributed by atoms with van der Waals surface area (Å²) in [6, 6.07) is 23.5. The Balaban J connectivity index is 1.52. The highest BCUT2D eigenvalue weighted by atomic mass is 35.5. The van der Waals surface area contributed by atoms with Gasteiger partial charge in [-0.3, -0.25) is 4.79 Å². The average Bonchev–Trinajstić information content (AvgIpc) is 2.84. The summed E-state index contributed by atoms with van der Waals surface area (Å²) in [7, 11) is 0. The molecule has 1 fully saturated rings. The van der Waals surface area contributed by atoms with Gasteiger partial charge in [0.1, 0.15) is 0 Å². The third kappa shape index (κ3) is 4.17. The molecule has 33 heavy (non-hydrogen) atoms. The maximum absolute atomic E-state index is 13.8. The summed E-state index contributed by atoms with van der Waals surface area (Å²) < 4.78 is 0. The zero-order chi connectivity index (χ0) is 22.9.